The lowest BCUT2D eigenvalue weighted by molar-refractivity contribution is 0.249. The highest BCUT2D eigenvalue weighted by molar-refractivity contribution is 7.22. The van der Waals surface area contributed by atoms with Gasteiger partial charge in [-0.2, -0.15) is 0 Å². The highest BCUT2D eigenvalue weighted by Crippen LogP contribution is 2.32. The minimum atomic E-state index is -0.221. The SMILES string of the molecule is CCCCN(CC)CCCNC(=O)Nc1sc2nc3n(c(=O)c2c1C)CC[C@@H](C)CC3. The minimum absolute atomic E-state index is 0.0306. The van der Waals surface area contributed by atoms with Crippen molar-refractivity contribution < 1.29 is 4.79 Å². The van der Waals surface area contributed by atoms with E-state index < -0.39 is 0 Å². The fourth-order valence-electron chi connectivity index (χ4n) is 4.13. The normalized spacial score (nSPS) is 16.4. The molecule has 31 heavy (non-hydrogen) atoms. The molecule has 172 valence electrons. The summed E-state index contributed by atoms with van der Waals surface area (Å²) in [5.74, 6) is 1.49. The van der Waals surface area contributed by atoms with Crippen LogP contribution in [0.15, 0.2) is 4.79 Å². The second kappa shape index (κ2) is 11.1. The van der Waals surface area contributed by atoms with E-state index in [4.69, 9.17) is 4.98 Å². The molecule has 0 aliphatic carbocycles. The van der Waals surface area contributed by atoms with Crippen molar-refractivity contribution >= 4 is 32.6 Å². The first-order valence-corrected chi connectivity index (χ1v) is 12.6. The van der Waals surface area contributed by atoms with Crippen LogP contribution in [0.5, 0.6) is 0 Å². The Morgan fingerprint density at radius 2 is 2.03 bits per heavy atom. The zero-order valence-electron chi connectivity index (χ0n) is 19.4. The van der Waals surface area contributed by atoms with E-state index in [0.717, 1.165) is 68.1 Å². The summed E-state index contributed by atoms with van der Waals surface area (Å²) in [5.41, 5.74) is 0.847. The van der Waals surface area contributed by atoms with Crippen molar-refractivity contribution in [2.75, 3.05) is 31.5 Å². The summed E-state index contributed by atoms with van der Waals surface area (Å²) < 4.78 is 1.84. The lowest BCUT2D eigenvalue weighted by Crippen LogP contribution is -2.32. The number of urea groups is 1. The molecule has 0 radical (unpaired) electrons. The van der Waals surface area contributed by atoms with E-state index in [9.17, 15) is 9.59 Å². The van der Waals surface area contributed by atoms with Gasteiger partial charge in [0.25, 0.3) is 5.56 Å². The molecule has 2 aromatic heterocycles. The number of thiophene rings is 1. The summed E-state index contributed by atoms with van der Waals surface area (Å²) in [7, 11) is 0. The van der Waals surface area contributed by atoms with Gasteiger partial charge in [0, 0.05) is 19.5 Å². The maximum absolute atomic E-state index is 13.1. The van der Waals surface area contributed by atoms with Gasteiger partial charge in [-0.15, -0.1) is 0 Å². The molecule has 7 nitrogen and oxygen atoms in total. The topological polar surface area (TPSA) is 79.3 Å². The third-order valence-corrected chi connectivity index (χ3v) is 7.38. The molecule has 0 aromatic carbocycles. The van der Waals surface area contributed by atoms with Crippen LogP contribution in [0, 0.1) is 12.8 Å². The van der Waals surface area contributed by atoms with Crippen molar-refractivity contribution in [2.24, 2.45) is 5.92 Å². The summed E-state index contributed by atoms with van der Waals surface area (Å²) in [6.45, 7) is 13.0. The molecular formula is C23H37N5O2S. The summed E-state index contributed by atoms with van der Waals surface area (Å²) >= 11 is 1.40. The van der Waals surface area contributed by atoms with Crippen LogP contribution >= 0.6 is 11.3 Å². The van der Waals surface area contributed by atoms with Crippen LogP contribution in [0.3, 0.4) is 0 Å². The Kier molecular flexibility index (Phi) is 8.49. The molecule has 0 spiro atoms. The largest absolute Gasteiger partial charge is 0.338 e. The number of hydrogen-bond acceptors (Lipinski definition) is 5. The van der Waals surface area contributed by atoms with Crippen LogP contribution in [-0.2, 0) is 13.0 Å². The predicted molar refractivity (Wildman–Crippen MR) is 129 cm³/mol. The third kappa shape index (κ3) is 5.86. The van der Waals surface area contributed by atoms with Crippen molar-refractivity contribution in [3.63, 3.8) is 0 Å². The maximum Gasteiger partial charge on any atom is 0.319 e. The molecule has 2 amide bonds. The molecule has 0 saturated heterocycles. The van der Waals surface area contributed by atoms with E-state index in [1.54, 1.807) is 0 Å². The molecule has 1 aliphatic heterocycles. The van der Waals surface area contributed by atoms with Gasteiger partial charge in [-0.3, -0.25) is 14.7 Å². The van der Waals surface area contributed by atoms with Gasteiger partial charge in [0.15, 0.2) is 0 Å². The Morgan fingerprint density at radius 3 is 2.77 bits per heavy atom. The molecule has 8 heteroatoms. The average molecular weight is 448 g/mol. The Morgan fingerprint density at radius 1 is 1.26 bits per heavy atom. The summed E-state index contributed by atoms with van der Waals surface area (Å²) in [6, 6.07) is -0.221. The van der Waals surface area contributed by atoms with Gasteiger partial charge in [-0.05, 0) is 63.7 Å². The maximum atomic E-state index is 13.1. The number of rotatable bonds is 9. The number of anilines is 1. The number of nitrogens with one attached hydrogen (secondary N) is 2. The van der Waals surface area contributed by atoms with Crippen molar-refractivity contribution in [3.05, 3.63) is 21.7 Å². The van der Waals surface area contributed by atoms with Crippen LogP contribution in [-0.4, -0.2) is 46.7 Å². The van der Waals surface area contributed by atoms with Gasteiger partial charge in [-0.25, -0.2) is 9.78 Å². The zero-order chi connectivity index (χ0) is 22.4. The molecule has 0 bridgehead atoms. The minimum Gasteiger partial charge on any atom is -0.338 e. The van der Waals surface area contributed by atoms with Gasteiger partial charge in [0.2, 0.25) is 0 Å². The molecule has 2 aromatic rings. The third-order valence-electron chi connectivity index (χ3n) is 6.27. The fourth-order valence-corrected chi connectivity index (χ4v) is 5.22. The van der Waals surface area contributed by atoms with Gasteiger partial charge in [0.05, 0.1) is 5.39 Å². The lowest BCUT2D eigenvalue weighted by Gasteiger charge is -2.19. The second-order valence-electron chi connectivity index (χ2n) is 8.68. The Hall–Kier alpha value is -1.93. The van der Waals surface area contributed by atoms with Crippen LogP contribution < -0.4 is 16.2 Å². The van der Waals surface area contributed by atoms with Gasteiger partial charge in [0.1, 0.15) is 15.7 Å². The molecule has 0 unspecified atom stereocenters. The average Bonchev–Trinajstić information content (AvgIpc) is 2.92. The van der Waals surface area contributed by atoms with Crippen molar-refractivity contribution in [1.29, 1.82) is 0 Å². The predicted octanol–water partition coefficient (Wildman–Crippen LogP) is 4.37. The number of fused-ring (bicyclic) bond motifs is 2. The smallest absolute Gasteiger partial charge is 0.319 e. The summed E-state index contributed by atoms with van der Waals surface area (Å²) in [5, 5.41) is 7.25. The molecule has 3 rings (SSSR count). The number of carbonyl (C=O) groups is 1. The van der Waals surface area contributed by atoms with Crippen LogP contribution in [0.4, 0.5) is 9.80 Å². The summed E-state index contributed by atoms with van der Waals surface area (Å²) in [4.78, 5) is 33.5. The molecular weight excluding hydrogens is 410 g/mol. The standard InChI is InChI=1S/C23H37N5O2S/c1-5-7-13-27(6-2)14-8-12-24-23(30)26-20-17(4)19-21(31-20)25-18-10-9-16(3)11-15-28(18)22(19)29/h16H,5-15H2,1-4H3,(H2,24,26,30)/t16-/m0/s1. The Bertz CT molecular complexity index is 952. The van der Waals surface area contributed by atoms with E-state index in [2.05, 4.69) is 36.3 Å². The molecule has 2 N–H and O–H groups in total. The van der Waals surface area contributed by atoms with E-state index >= 15 is 0 Å². The quantitative estimate of drug-likeness (QED) is 0.560. The molecule has 1 atom stereocenters. The number of hydrogen-bond donors (Lipinski definition) is 2. The van der Waals surface area contributed by atoms with Gasteiger partial charge >= 0.3 is 6.03 Å². The fraction of sp³-hybridized carbons (Fsp3) is 0.696. The number of amides is 2. The highest BCUT2D eigenvalue weighted by atomic mass is 32.1. The van der Waals surface area contributed by atoms with E-state index in [0.29, 0.717) is 22.8 Å². The van der Waals surface area contributed by atoms with Crippen LogP contribution in [0.25, 0.3) is 10.2 Å². The Labute approximate surface area is 189 Å². The second-order valence-corrected chi connectivity index (χ2v) is 9.68. The number of aryl methyl sites for hydroxylation is 2. The van der Waals surface area contributed by atoms with Crippen molar-refractivity contribution in [3.8, 4) is 0 Å². The first-order valence-electron chi connectivity index (χ1n) is 11.7. The van der Waals surface area contributed by atoms with Crippen LogP contribution in [0.1, 0.15) is 64.3 Å². The van der Waals surface area contributed by atoms with Gasteiger partial charge in [-0.1, -0.05) is 38.5 Å². The monoisotopic (exact) mass is 447 g/mol. The number of carbonyl (C=O) groups excluding carboxylic acids is 1. The van der Waals surface area contributed by atoms with E-state index in [1.807, 2.05) is 11.5 Å². The first-order chi connectivity index (χ1) is 14.9. The highest BCUT2D eigenvalue weighted by Gasteiger charge is 2.21. The zero-order valence-corrected chi connectivity index (χ0v) is 20.2. The number of aromatic nitrogens is 2. The molecule has 1 aliphatic rings. The molecule has 0 saturated carbocycles. The van der Waals surface area contributed by atoms with Crippen LogP contribution in [0.2, 0.25) is 0 Å². The molecule has 0 fully saturated rings. The lowest BCUT2D eigenvalue weighted by atomic mass is 10.0. The van der Waals surface area contributed by atoms with E-state index in [-0.39, 0.29) is 11.6 Å². The Balaban J connectivity index is 1.62. The van der Waals surface area contributed by atoms with Gasteiger partial charge < -0.3 is 10.2 Å². The summed E-state index contributed by atoms with van der Waals surface area (Å²) in [6.07, 6.45) is 6.23. The molecule has 3 heterocycles. The van der Waals surface area contributed by atoms with Crippen molar-refractivity contribution in [1.82, 2.24) is 19.8 Å². The number of unbranched alkanes of at least 4 members (excludes halogenated alkanes) is 1. The van der Waals surface area contributed by atoms with Crippen molar-refractivity contribution in [2.45, 2.75) is 72.8 Å². The first kappa shape index (κ1) is 23.7. The number of nitrogens with zero attached hydrogens (tertiary/aromatic N) is 3. The van der Waals surface area contributed by atoms with E-state index in [1.165, 1.54) is 24.2 Å².